The first-order chi connectivity index (χ1) is 7.10. The molecule has 0 rings (SSSR count). The van der Waals surface area contributed by atoms with Gasteiger partial charge in [-0.15, -0.1) is 0 Å². The van der Waals surface area contributed by atoms with Crippen molar-refractivity contribution in [3.05, 3.63) is 0 Å². The summed E-state index contributed by atoms with van der Waals surface area (Å²) in [4.78, 5) is 0. The lowest BCUT2D eigenvalue weighted by Gasteiger charge is -2.23. The zero-order chi connectivity index (χ0) is 12.8. The van der Waals surface area contributed by atoms with Gasteiger partial charge in [0.05, 0.1) is 27.7 Å². The Hall–Kier alpha value is 0.110. The lowest BCUT2D eigenvalue weighted by Crippen LogP contribution is -2.36. The minimum absolute atomic E-state index is 0.0540. The van der Waals surface area contributed by atoms with Crippen LogP contribution in [0.3, 0.4) is 0 Å². The van der Waals surface area contributed by atoms with Crippen LogP contribution in [0, 0.1) is 0 Å². The van der Waals surface area contributed by atoms with Crippen molar-refractivity contribution >= 4 is 22.2 Å². The van der Waals surface area contributed by atoms with Gasteiger partial charge in [0.25, 0.3) is 0 Å². The average molecular weight is 276 g/mol. The van der Waals surface area contributed by atoms with Crippen molar-refractivity contribution < 1.29 is 26.0 Å². The van der Waals surface area contributed by atoms with Gasteiger partial charge in [-0.05, 0) is 5.75 Å². The van der Waals surface area contributed by atoms with Crippen molar-refractivity contribution in [2.45, 2.75) is 12.8 Å². The van der Waals surface area contributed by atoms with Crippen LogP contribution in [0.5, 0.6) is 0 Å². The molecule has 1 N–H and O–H groups in total. The average Bonchev–Trinajstić information content (AvgIpc) is 1.97. The lowest BCUT2D eigenvalue weighted by atomic mass is 10.5. The number of hydrogen-bond donors (Lipinski definition) is 1. The molecule has 0 amide bonds. The van der Waals surface area contributed by atoms with Crippen LogP contribution in [0.4, 0.5) is 4.39 Å². The molecule has 0 heterocycles. The van der Waals surface area contributed by atoms with Crippen molar-refractivity contribution in [2.24, 2.45) is 0 Å². The van der Waals surface area contributed by atoms with E-state index >= 15 is 0 Å². The summed E-state index contributed by atoms with van der Waals surface area (Å²) in [5.41, 5.74) is 0. The van der Waals surface area contributed by atoms with Gasteiger partial charge < -0.3 is 4.48 Å². The van der Waals surface area contributed by atoms with Crippen LogP contribution >= 0.6 is 11.8 Å². The molecule has 0 aliphatic rings. The fraction of sp³-hybridized carbons (Fsp3) is 1.00. The highest BCUT2D eigenvalue weighted by molar-refractivity contribution is 7.99. The fourth-order valence-corrected chi connectivity index (χ4v) is 2.39. The second-order valence-corrected chi connectivity index (χ2v) is 6.62. The van der Waals surface area contributed by atoms with E-state index in [0.717, 1.165) is 16.8 Å². The van der Waals surface area contributed by atoms with Gasteiger partial charge in [-0.3, -0.25) is 4.55 Å². The highest BCUT2D eigenvalue weighted by Gasteiger charge is 2.15. The molecule has 0 spiro atoms. The van der Waals surface area contributed by atoms with Crippen LogP contribution in [0.2, 0.25) is 0 Å². The minimum Gasteiger partial charge on any atom is -0.330 e. The summed E-state index contributed by atoms with van der Waals surface area (Å²) in [5.74, 6) is 1.32. The van der Waals surface area contributed by atoms with Crippen LogP contribution in [-0.2, 0) is 14.6 Å². The Morgan fingerprint density at radius 2 is 1.94 bits per heavy atom. The van der Waals surface area contributed by atoms with Gasteiger partial charge in [-0.25, -0.2) is 8.57 Å². The lowest BCUT2D eigenvalue weighted by molar-refractivity contribution is -0.867. The molecule has 5 nitrogen and oxygen atoms in total. The monoisotopic (exact) mass is 276 g/mol. The zero-order valence-corrected chi connectivity index (χ0v) is 11.4. The zero-order valence-electron chi connectivity index (χ0n) is 9.72. The van der Waals surface area contributed by atoms with Crippen LogP contribution in [0.1, 0.15) is 6.42 Å². The largest absolute Gasteiger partial charge is 0.400 e. The summed E-state index contributed by atoms with van der Waals surface area (Å²) in [6.07, 6.45) is -2.02. The molecule has 0 aliphatic heterocycles. The van der Waals surface area contributed by atoms with E-state index in [0.29, 0.717) is 5.75 Å². The Kier molecular flexibility index (Phi) is 6.80. The summed E-state index contributed by atoms with van der Waals surface area (Å²) in [7, 11) is 1.49. The molecule has 0 aromatic carbocycles. The Balaban J connectivity index is 3.53. The number of thioether (sulfide) groups is 1. The van der Waals surface area contributed by atoms with Crippen LogP contribution in [0.25, 0.3) is 0 Å². The van der Waals surface area contributed by atoms with E-state index in [4.69, 9.17) is 4.55 Å². The second kappa shape index (κ2) is 6.75. The number of halogens is 1. The third-order valence-corrected chi connectivity index (χ3v) is 3.07. The molecule has 1 unspecified atom stereocenters. The summed E-state index contributed by atoms with van der Waals surface area (Å²) in [6.45, 7) is 0.945. The van der Waals surface area contributed by atoms with E-state index in [2.05, 4.69) is 25.3 Å². The van der Waals surface area contributed by atoms with Gasteiger partial charge in [-0.2, -0.15) is 20.2 Å². The highest BCUT2D eigenvalue weighted by atomic mass is 32.3. The number of hydrogen-bond acceptors (Lipinski definition) is 4. The quantitative estimate of drug-likeness (QED) is 0.406. The van der Waals surface area contributed by atoms with E-state index in [1.165, 1.54) is 11.8 Å². The Morgan fingerprint density at radius 3 is 2.38 bits per heavy atom. The van der Waals surface area contributed by atoms with Gasteiger partial charge in [0.2, 0.25) is 6.36 Å². The smallest absolute Gasteiger partial charge is 0.330 e. The third kappa shape index (κ3) is 12.2. The van der Waals surface area contributed by atoms with Gasteiger partial charge in [0.15, 0.2) is 0 Å². The fourth-order valence-electron chi connectivity index (χ4n) is 0.797. The predicted molar refractivity (Wildman–Crippen MR) is 62.4 cm³/mol. The number of alkyl halides is 1. The molecule has 0 bridgehead atoms. The summed E-state index contributed by atoms with van der Waals surface area (Å²) >= 11 is 1.52. The van der Waals surface area contributed by atoms with E-state index in [9.17, 15) is 12.8 Å². The van der Waals surface area contributed by atoms with E-state index in [1.54, 1.807) is 0 Å². The van der Waals surface area contributed by atoms with Crippen LogP contribution in [0.15, 0.2) is 0 Å². The maximum Gasteiger partial charge on any atom is 0.400 e. The summed E-state index contributed by atoms with van der Waals surface area (Å²) < 4.78 is 45.8. The van der Waals surface area contributed by atoms with E-state index in [-0.39, 0.29) is 6.42 Å². The third-order valence-electron chi connectivity index (χ3n) is 1.62. The second-order valence-electron chi connectivity index (χ2n) is 4.35. The minimum atomic E-state index is -4.68. The standard InChI is InChI=1S/C8H18FNO4S2/c1-10(2,3)5-7-15-6-4-8(9)14-16(11,12)13/h8H,4-7H2,1-3H3/p+1. The highest BCUT2D eigenvalue weighted by Crippen LogP contribution is 2.10. The molecule has 0 saturated heterocycles. The molecule has 8 heteroatoms. The van der Waals surface area contributed by atoms with Crippen molar-refractivity contribution in [3.63, 3.8) is 0 Å². The van der Waals surface area contributed by atoms with Gasteiger partial charge >= 0.3 is 10.4 Å². The molecule has 16 heavy (non-hydrogen) atoms. The first-order valence-electron chi connectivity index (χ1n) is 4.78. The molecule has 0 aromatic rings. The number of rotatable bonds is 8. The first kappa shape index (κ1) is 16.1. The van der Waals surface area contributed by atoms with Crippen molar-refractivity contribution in [1.29, 1.82) is 0 Å². The Bertz CT molecular complexity index is 289. The summed E-state index contributed by atoms with van der Waals surface area (Å²) in [5, 5.41) is 0. The molecular weight excluding hydrogens is 257 g/mol. The summed E-state index contributed by atoms with van der Waals surface area (Å²) in [6, 6.07) is 0. The van der Waals surface area contributed by atoms with Gasteiger partial charge in [0.1, 0.15) is 0 Å². The molecular formula is C8H19FNO4S2+. The topological polar surface area (TPSA) is 63.6 Å². The van der Waals surface area contributed by atoms with E-state index < -0.39 is 16.8 Å². The maximum atomic E-state index is 12.8. The normalized spacial score (nSPS) is 15.1. The van der Waals surface area contributed by atoms with Crippen LogP contribution < -0.4 is 0 Å². The SMILES string of the molecule is C[N+](C)(C)CCSCCC(F)OS(=O)(=O)O. The Morgan fingerprint density at radius 1 is 1.38 bits per heavy atom. The molecule has 0 radical (unpaired) electrons. The molecule has 1 atom stereocenters. The maximum absolute atomic E-state index is 12.8. The number of quaternary nitrogens is 1. The van der Waals surface area contributed by atoms with Crippen molar-refractivity contribution in [1.82, 2.24) is 0 Å². The predicted octanol–water partition coefficient (Wildman–Crippen LogP) is 0.931. The molecule has 0 aliphatic carbocycles. The van der Waals surface area contributed by atoms with Crippen molar-refractivity contribution in [3.8, 4) is 0 Å². The van der Waals surface area contributed by atoms with Gasteiger partial charge in [0, 0.05) is 12.2 Å². The van der Waals surface area contributed by atoms with Gasteiger partial charge in [-0.1, -0.05) is 0 Å². The molecule has 0 fully saturated rings. The van der Waals surface area contributed by atoms with Crippen molar-refractivity contribution in [2.75, 3.05) is 39.2 Å². The Labute approximate surface area is 101 Å². The molecule has 98 valence electrons. The molecule has 0 aromatic heterocycles. The first-order valence-corrected chi connectivity index (χ1v) is 7.30. The molecule has 0 saturated carbocycles. The number of nitrogens with zero attached hydrogens (tertiary/aromatic N) is 1. The van der Waals surface area contributed by atoms with Crippen LogP contribution in [-0.4, -0.2) is 63.0 Å². The van der Waals surface area contributed by atoms with E-state index in [1.807, 2.05) is 0 Å².